The van der Waals surface area contributed by atoms with Crippen LogP contribution in [0.3, 0.4) is 0 Å². The zero-order valence-corrected chi connectivity index (χ0v) is 27.0. The van der Waals surface area contributed by atoms with E-state index in [2.05, 4.69) is 5.32 Å². The molecule has 0 aromatic heterocycles. The molecule has 0 saturated heterocycles. The van der Waals surface area contributed by atoms with Crippen LogP contribution in [0.5, 0.6) is 0 Å². The first-order chi connectivity index (χ1) is 23.0. The molecule has 20 nitrogen and oxygen atoms in total. The fourth-order valence-electron chi connectivity index (χ4n) is 4.22. The van der Waals surface area contributed by atoms with Gasteiger partial charge in [-0.15, -0.1) is 0 Å². The minimum absolute atomic E-state index is 0.0456. The molecule has 0 bridgehead atoms. The van der Waals surface area contributed by atoms with Crippen LogP contribution in [0.2, 0.25) is 0 Å². The van der Waals surface area contributed by atoms with Crippen LogP contribution in [0.1, 0.15) is 5.56 Å². The second-order valence-corrected chi connectivity index (χ2v) is 10.7. The molecule has 1 aromatic carbocycles. The minimum atomic E-state index is -1.55. The number of nitrogens with one attached hydrogen (secondary N) is 1. The Bertz CT molecular complexity index is 1110. The second kappa shape index (κ2) is 25.2. The number of nitrogens with zero attached hydrogens (tertiary/aromatic N) is 3. The number of rotatable bonds is 26. The summed E-state index contributed by atoms with van der Waals surface area (Å²) in [6, 6.07) is 7.62. The van der Waals surface area contributed by atoms with Crippen molar-refractivity contribution in [1.29, 1.82) is 0 Å². The van der Waals surface area contributed by atoms with Crippen LogP contribution in [0.25, 0.3) is 0 Å². The third kappa shape index (κ3) is 21.0. The SMILES string of the molecule is CNC[C@H](O)[C@@H](O)[C@H](O)[C@H](O)CO.O=C(O)CN(CCN(CC(=O)O)CC(=O)O)CCN(CC(=O)O)[C@H](COCc1ccccc1)C(=O)O. The fraction of sp³-hybridized carbons (Fsp3) is 0.621. The average molecular weight is 709 g/mol. The predicted octanol–water partition coefficient (Wildman–Crippen LogP) is -4.46. The van der Waals surface area contributed by atoms with Crippen LogP contribution in [-0.4, -0.2) is 205 Å². The fourth-order valence-corrected chi connectivity index (χ4v) is 4.22. The van der Waals surface area contributed by atoms with Crippen molar-refractivity contribution in [2.24, 2.45) is 0 Å². The van der Waals surface area contributed by atoms with E-state index in [1.165, 1.54) is 4.90 Å². The molecule has 0 radical (unpaired) electrons. The number of carboxylic acids is 5. The van der Waals surface area contributed by atoms with E-state index in [1.807, 2.05) is 6.07 Å². The molecule has 49 heavy (non-hydrogen) atoms. The van der Waals surface area contributed by atoms with Crippen LogP contribution < -0.4 is 5.32 Å². The molecule has 0 spiro atoms. The molecule has 0 aliphatic heterocycles. The molecule has 0 amide bonds. The lowest BCUT2D eigenvalue weighted by atomic mass is 10.0. The van der Waals surface area contributed by atoms with E-state index in [1.54, 1.807) is 31.3 Å². The summed E-state index contributed by atoms with van der Waals surface area (Å²) in [4.78, 5) is 60.1. The highest BCUT2D eigenvalue weighted by atomic mass is 16.5. The van der Waals surface area contributed by atoms with Gasteiger partial charge in [0.25, 0.3) is 0 Å². The highest BCUT2D eigenvalue weighted by molar-refractivity contribution is 5.76. The standard InChI is InChI=1S/C22H31N3O11.C7H17NO5/c26-18(27)10-23(6-7-24(11-19(28)29)12-20(30)31)8-9-25(13-21(32)33)17(22(34)35)15-36-14-16-4-2-1-3-5-16;1-8-2-4(10)6(12)7(13)5(11)3-9/h1-5,17H,6-15H2,(H,26,27)(H,28,29)(H,30,31)(H,32,33)(H,34,35);4-13H,2-3H2,1H3/t17-;4-,5+,6+,7+/m10/s1. The number of aliphatic hydroxyl groups is 5. The Balaban J connectivity index is 0.00000149. The maximum absolute atomic E-state index is 11.9. The van der Waals surface area contributed by atoms with Crippen molar-refractivity contribution in [3.63, 3.8) is 0 Å². The van der Waals surface area contributed by atoms with Gasteiger partial charge in [-0.2, -0.15) is 0 Å². The maximum atomic E-state index is 11.9. The summed E-state index contributed by atoms with van der Waals surface area (Å²) in [6.07, 6.45) is -5.65. The van der Waals surface area contributed by atoms with Gasteiger partial charge >= 0.3 is 29.8 Å². The van der Waals surface area contributed by atoms with Crippen molar-refractivity contribution in [2.75, 3.05) is 79.2 Å². The molecule has 1 aromatic rings. The Labute approximate surface area is 282 Å². The summed E-state index contributed by atoms with van der Waals surface area (Å²) in [7, 11) is 1.57. The van der Waals surface area contributed by atoms with Crippen molar-refractivity contribution in [3.05, 3.63) is 35.9 Å². The van der Waals surface area contributed by atoms with Gasteiger partial charge in [0.15, 0.2) is 0 Å². The van der Waals surface area contributed by atoms with Gasteiger partial charge in [0.2, 0.25) is 0 Å². The lowest BCUT2D eigenvalue weighted by Crippen LogP contribution is -2.50. The quantitative estimate of drug-likeness (QED) is 0.0432. The molecule has 280 valence electrons. The van der Waals surface area contributed by atoms with E-state index in [0.717, 1.165) is 15.4 Å². The van der Waals surface area contributed by atoms with Gasteiger partial charge in [0, 0.05) is 32.7 Å². The summed E-state index contributed by atoms with van der Waals surface area (Å²) in [5.41, 5.74) is 0.798. The molecule has 0 heterocycles. The molecule has 0 aliphatic rings. The molecule has 5 atom stereocenters. The van der Waals surface area contributed by atoms with Gasteiger partial charge in [-0.3, -0.25) is 38.7 Å². The molecule has 20 heteroatoms. The Morgan fingerprint density at radius 1 is 0.694 bits per heavy atom. The topological polar surface area (TPSA) is 319 Å². The molecule has 0 unspecified atom stereocenters. The first-order valence-electron chi connectivity index (χ1n) is 14.9. The first-order valence-corrected chi connectivity index (χ1v) is 14.9. The number of hydrogen-bond donors (Lipinski definition) is 11. The number of aliphatic carboxylic acids is 5. The summed E-state index contributed by atoms with van der Waals surface area (Å²) >= 11 is 0. The number of ether oxygens (including phenoxy) is 1. The van der Waals surface area contributed by atoms with Crippen molar-refractivity contribution in [2.45, 2.75) is 37.1 Å². The van der Waals surface area contributed by atoms with Gasteiger partial charge in [0.1, 0.15) is 24.4 Å². The predicted molar refractivity (Wildman–Crippen MR) is 168 cm³/mol. The highest BCUT2D eigenvalue weighted by Crippen LogP contribution is 2.07. The smallest absolute Gasteiger partial charge is 0.323 e. The molecule has 0 saturated carbocycles. The Kier molecular flexibility index (Phi) is 23.2. The number of hydrogen-bond acceptors (Lipinski definition) is 15. The zero-order chi connectivity index (χ0) is 37.5. The first kappa shape index (κ1) is 45.2. The van der Waals surface area contributed by atoms with E-state index in [-0.39, 0.29) is 45.9 Å². The normalized spacial score (nSPS) is 14.4. The van der Waals surface area contributed by atoms with E-state index in [0.29, 0.717) is 0 Å². The lowest BCUT2D eigenvalue weighted by Gasteiger charge is -2.30. The summed E-state index contributed by atoms with van der Waals surface area (Å²) in [5, 5.41) is 93.5. The molecule has 0 aliphatic carbocycles. The maximum Gasteiger partial charge on any atom is 0.323 e. The van der Waals surface area contributed by atoms with Crippen LogP contribution in [0.15, 0.2) is 30.3 Å². The van der Waals surface area contributed by atoms with Crippen molar-refractivity contribution in [3.8, 4) is 0 Å². The number of carbonyl (C=O) groups is 5. The monoisotopic (exact) mass is 708 g/mol. The number of benzene rings is 1. The van der Waals surface area contributed by atoms with E-state index in [4.69, 9.17) is 35.4 Å². The van der Waals surface area contributed by atoms with Gasteiger partial charge < -0.3 is 61.1 Å². The zero-order valence-electron chi connectivity index (χ0n) is 27.0. The summed E-state index contributed by atoms with van der Waals surface area (Å²) in [5.74, 6) is -6.34. The summed E-state index contributed by atoms with van der Waals surface area (Å²) < 4.78 is 5.49. The molecular weight excluding hydrogens is 660 g/mol. The lowest BCUT2D eigenvalue weighted by molar-refractivity contribution is -0.149. The molecule has 11 N–H and O–H groups in total. The van der Waals surface area contributed by atoms with Crippen molar-refractivity contribution < 1.29 is 79.8 Å². The second-order valence-electron chi connectivity index (χ2n) is 10.7. The molecule has 1 rings (SSSR count). The van der Waals surface area contributed by atoms with Crippen LogP contribution in [0, 0.1) is 0 Å². The largest absolute Gasteiger partial charge is 0.480 e. The van der Waals surface area contributed by atoms with Gasteiger partial charge in [0.05, 0.1) is 52.1 Å². The van der Waals surface area contributed by atoms with Crippen LogP contribution >= 0.6 is 0 Å². The Hall–Kier alpha value is -3.83. The van der Waals surface area contributed by atoms with Crippen molar-refractivity contribution >= 4 is 29.8 Å². The Morgan fingerprint density at radius 3 is 1.63 bits per heavy atom. The third-order valence-electron chi connectivity index (χ3n) is 6.70. The van der Waals surface area contributed by atoms with E-state index < -0.39 is 93.1 Å². The van der Waals surface area contributed by atoms with Crippen LogP contribution in [0.4, 0.5) is 0 Å². The van der Waals surface area contributed by atoms with E-state index in [9.17, 15) is 44.4 Å². The highest BCUT2D eigenvalue weighted by Gasteiger charge is 2.30. The number of carboxylic acid groups (broad SMARTS) is 5. The van der Waals surface area contributed by atoms with Crippen molar-refractivity contribution in [1.82, 2.24) is 20.0 Å². The number of aliphatic hydroxyl groups excluding tert-OH is 5. The molecule has 0 fully saturated rings. The average Bonchev–Trinajstić information content (AvgIpc) is 3.02. The Morgan fingerprint density at radius 2 is 1.16 bits per heavy atom. The van der Waals surface area contributed by atoms with E-state index >= 15 is 0 Å². The minimum Gasteiger partial charge on any atom is -0.480 e. The molecular formula is C29H48N4O16. The number of likely N-dealkylation sites (N-methyl/N-ethyl adjacent to an activating group) is 1. The van der Waals surface area contributed by atoms with Crippen LogP contribution in [-0.2, 0) is 35.3 Å². The van der Waals surface area contributed by atoms with Gasteiger partial charge in [-0.25, -0.2) is 0 Å². The van der Waals surface area contributed by atoms with Gasteiger partial charge in [-0.05, 0) is 12.6 Å². The van der Waals surface area contributed by atoms with Gasteiger partial charge in [-0.1, -0.05) is 30.3 Å². The summed E-state index contributed by atoms with van der Waals surface area (Å²) in [6.45, 7) is -3.42. The third-order valence-corrected chi connectivity index (χ3v) is 6.70.